The molecule has 27 heavy (non-hydrogen) atoms. The van der Waals surface area contributed by atoms with Crippen LogP contribution in [0.3, 0.4) is 0 Å². The molecule has 1 saturated heterocycles. The Morgan fingerprint density at radius 1 is 1.22 bits per heavy atom. The number of likely N-dealkylation sites (N-methyl/N-ethyl adjacent to an activating group) is 1. The van der Waals surface area contributed by atoms with E-state index in [2.05, 4.69) is 4.99 Å². The summed E-state index contributed by atoms with van der Waals surface area (Å²) in [6.45, 7) is 1.59. The summed E-state index contributed by atoms with van der Waals surface area (Å²) in [7, 11) is 1.70. The summed E-state index contributed by atoms with van der Waals surface area (Å²) >= 11 is 1.32. The SMILES string of the molecule is Cc1ccccc1N=C1S/C(=C/c2ccc(OCC(=O)O)cc2)C(=O)N1C. The van der Waals surface area contributed by atoms with Gasteiger partial charge in [0.25, 0.3) is 5.91 Å². The molecular formula is C20H18N2O4S. The molecule has 3 rings (SSSR count). The average Bonchev–Trinajstić information content (AvgIpc) is 2.91. The van der Waals surface area contributed by atoms with Gasteiger partial charge in [0.15, 0.2) is 11.8 Å². The molecule has 0 unspecified atom stereocenters. The highest BCUT2D eigenvalue weighted by Crippen LogP contribution is 2.33. The molecule has 0 aromatic heterocycles. The average molecular weight is 382 g/mol. The van der Waals surface area contributed by atoms with Crippen LogP contribution in [0.25, 0.3) is 6.08 Å². The van der Waals surface area contributed by atoms with E-state index in [1.165, 1.54) is 16.7 Å². The van der Waals surface area contributed by atoms with E-state index in [9.17, 15) is 9.59 Å². The topological polar surface area (TPSA) is 79.2 Å². The van der Waals surface area contributed by atoms with Crippen LogP contribution in [-0.2, 0) is 9.59 Å². The Balaban J connectivity index is 1.78. The van der Waals surface area contributed by atoms with E-state index in [1.54, 1.807) is 37.4 Å². The minimum atomic E-state index is -1.03. The van der Waals surface area contributed by atoms with Crippen molar-refractivity contribution in [1.82, 2.24) is 4.90 Å². The maximum Gasteiger partial charge on any atom is 0.341 e. The fourth-order valence-electron chi connectivity index (χ4n) is 2.40. The summed E-state index contributed by atoms with van der Waals surface area (Å²) in [5, 5.41) is 9.26. The van der Waals surface area contributed by atoms with Crippen LogP contribution in [0.2, 0.25) is 0 Å². The fourth-order valence-corrected chi connectivity index (χ4v) is 3.38. The molecule has 0 aliphatic carbocycles. The third kappa shape index (κ3) is 4.57. The Kier molecular flexibility index (Phi) is 5.61. The molecule has 1 heterocycles. The number of aliphatic carboxylic acids is 1. The summed E-state index contributed by atoms with van der Waals surface area (Å²) in [4.78, 5) is 29.7. The molecule has 1 fully saturated rings. The number of carboxylic acids is 1. The lowest BCUT2D eigenvalue weighted by molar-refractivity contribution is -0.139. The van der Waals surface area contributed by atoms with Gasteiger partial charge in [-0.15, -0.1) is 0 Å². The summed E-state index contributed by atoms with van der Waals surface area (Å²) < 4.78 is 5.11. The van der Waals surface area contributed by atoms with Crippen LogP contribution < -0.4 is 4.74 Å². The number of ether oxygens (including phenoxy) is 1. The normalized spacial score (nSPS) is 17.0. The van der Waals surface area contributed by atoms with Crippen molar-refractivity contribution in [3.05, 3.63) is 64.6 Å². The molecule has 6 nitrogen and oxygen atoms in total. The van der Waals surface area contributed by atoms with Gasteiger partial charge in [0.2, 0.25) is 0 Å². The smallest absolute Gasteiger partial charge is 0.341 e. The number of amidine groups is 1. The monoisotopic (exact) mass is 382 g/mol. The van der Waals surface area contributed by atoms with E-state index < -0.39 is 12.6 Å². The van der Waals surface area contributed by atoms with E-state index >= 15 is 0 Å². The molecule has 1 N–H and O–H groups in total. The van der Waals surface area contributed by atoms with Crippen molar-refractivity contribution in [3.63, 3.8) is 0 Å². The van der Waals surface area contributed by atoms with Crippen LogP contribution in [0.5, 0.6) is 5.75 Å². The molecule has 1 amide bonds. The number of amides is 1. The van der Waals surface area contributed by atoms with Gasteiger partial charge in [-0.1, -0.05) is 30.3 Å². The number of rotatable bonds is 5. The number of carbonyl (C=O) groups excluding carboxylic acids is 1. The van der Waals surface area contributed by atoms with Gasteiger partial charge in [-0.2, -0.15) is 0 Å². The molecule has 2 aromatic carbocycles. The molecule has 0 saturated carbocycles. The van der Waals surface area contributed by atoms with Crippen molar-refractivity contribution in [3.8, 4) is 5.75 Å². The lowest BCUT2D eigenvalue weighted by Crippen LogP contribution is -2.23. The molecule has 138 valence electrons. The molecule has 7 heteroatoms. The van der Waals surface area contributed by atoms with Gasteiger partial charge in [0.1, 0.15) is 5.75 Å². The first kappa shape index (κ1) is 18.7. The zero-order valence-corrected chi connectivity index (χ0v) is 15.7. The zero-order chi connectivity index (χ0) is 19.4. The second kappa shape index (κ2) is 8.09. The molecule has 0 bridgehead atoms. The summed E-state index contributed by atoms with van der Waals surface area (Å²) in [6, 6.07) is 14.6. The van der Waals surface area contributed by atoms with Gasteiger partial charge < -0.3 is 9.84 Å². The Morgan fingerprint density at radius 2 is 1.93 bits per heavy atom. The summed E-state index contributed by atoms with van der Waals surface area (Å²) in [5.74, 6) is -0.680. The molecular weight excluding hydrogens is 364 g/mol. The van der Waals surface area contributed by atoms with Crippen molar-refractivity contribution in [2.75, 3.05) is 13.7 Å². The summed E-state index contributed by atoms with van der Waals surface area (Å²) in [6.07, 6.45) is 1.78. The van der Waals surface area contributed by atoms with E-state index in [1.807, 2.05) is 31.2 Å². The summed E-state index contributed by atoms with van der Waals surface area (Å²) in [5.41, 5.74) is 2.70. The Hall–Kier alpha value is -3.06. The third-order valence-corrected chi connectivity index (χ3v) is 4.94. The number of hydrogen-bond acceptors (Lipinski definition) is 5. The quantitative estimate of drug-likeness (QED) is 0.798. The highest BCUT2D eigenvalue weighted by Gasteiger charge is 2.30. The zero-order valence-electron chi connectivity index (χ0n) is 14.9. The predicted octanol–water partition coefficient (Wildman–Crippen LogP) is 3.69. The van der Waals surface area contributed by atoms with Gasteiger partial charge in [-0.3, -0.25) is 9.69 Å². The Morgan fingerprint density at radius 3 is 2.59 bits per heavy atom. The fraction of sp³-hybridized carbons (Fsp3) is 0.150. The van der Waals surface area contributed by atoms with Gasteiger partial charge in [-0.05, 0) is 54.1 Å². The van der Waals surface area contributed by atoms with Crippen LogP contribution in [0.1, 0.15) is 11.1 Å². The molecule has 0 radical (unpaired) electrons. The number of aliphatic imine (C=N–C) groups is 1. The van der Waals surface area contributed by atoms with Crippen molar-refractivity contribution in [2.45, 2.75) is 6.92 Å². The molecule has 1 aliphatic rings. The Bertz CT molecular complexity index is 935. The molecule has 1 aliphatic heterocycles. The lowest BCUT2D eigenvalue weighted by Gasteiger charge is -2.08. The molecule has 2 aromatic rings. The van der Waals surface area contributed by atoms with Gasteiger partial charge >= 0.3 is 5.97 Å². The third-order valence-electron chi connectivity index (χ3n) is 3.88. The van der Waals surface area contributed by atoms with Gasteiger partial charge in [0.05, 0.1) is 10.6 Å². The van der Waals surface area contributed by atoms with Crippen LogP contribution >= 0.6 is 11.8 Å². The van der Waals surface area contributed by atoms with Crippen LogP contribution in [0.15, 0.2) is 58.4 Å². The maximum atomic E-state index is 12.5. The number of nitrogens with zero attached hydrogens (tertiary/aromatic N) is 2. The Labute approximate surface area is 161 Å². The first-order valence-electron chi connectivity index (χ1n) is 8.20. The second-order valence-corrected chi connectivity index (χ2v) is 6.92. The molecule has 0 atom stereocenters. The number of benzene rings is 2. The maximum absolute atomic E-state index is 12.5. The number of carboxylic acid groups (broad SMARTS) is 1. The van der Waals surface area contributed by atoms with Crippen molar-refractivity contribution in [1.29, 1.82) is 0 Å². The number of para-hydroxylation sites is 1. The highest BCUT2D eigenvalue weighted by molar-refractivity contribution is 8.18. The lowest BCUT2D eigenvalue weighted by atomic mass is 10.2. The first-order chi connectivity index (χ1) is 12.9. The van der Waals surface area contributed by atoms with Crippen LogP contribution in [0, 0.1) is 6.92 Å². The predicted molar refractivity (Wildman–Crippen MR) is 106 cm³/mol. The largest absolute Gasteiger partial charge is 0.482 e. The number of thioether (sulfide) groups is 1. The number of aryl methyl sites for hydroxylation is 1. The van der Waals surface area contributed by atoms with Crippen LogP contribution in [0.4, 0.5) is 5.69 Å². The number of hydrogen-bond donors (Lipinski definition) is 1. The van der Waals surface area contributed by atoms with Gasteiger partial charge in [0, 0.05) is 7.05 Å². The van der Waals surface area contributed by atoms with Gasteiger partial charge in [-0.25, -0.2) is 9.79 Å². The van der Waals surface area contributed by atoms with Crippen molar-refractivity contribution < 1.29 is 19.4 Å². The first-order valence-corrected chi connectivity index (χ1v) is 9.02. The standard InChI is InChI=1S/C20H18N2O4S/c1-13-5-3-4-6-16(13)21-20-22(2)19(25)17(27-20)11-14-7-9-15(10-8-14)26-12-18(23)24/h3-11H,12H2,1-2H3,(H,23,24)/b17-11+,21-20?. The number of carbonyl (C=O) groups is 2. The molecule has 0 spiro atoms. The van der Waals surface area contributed by atoms with Crippen molar-refractivity contribution >= 4 is 40.6 Å². The van der Waals surface area contributed by atoms with E-state index in [-0.39, 0.29) is 5.91 Å². The van der Waals surface area contributed by atoms with Crippen LogP contribution in [-0.4, -0.2) is 40.7 Å². The minimum absolute atomic E-state index is 0.112. The minimum Gasteiger partial charge on any atom is -0.482 e. The van der Waals surface area contributed by atoms with Crippen molar-refractivity contribution in [2.24, 2.45) is 4.99 Å². The van der Waals surface area contributed by atoms with E-state index in [0.29, 0.717) is 15.8 Å². The highest BCUT2D eigenvalue weighted by atomic mass is 32.2. The van der Waals surface area contributed by atoms with E-state index in [4.69, 9.17) is 9.84 Å². The second-order valence-electron chi connectivity index (χ2n) is 5.91. The van der Waals surface area contributed by atoms with E-state index in [0.717, 1.165) is 16.8 Å².